The monoisotopic (exact) mass is 438 g/mol. The maximum absolute atomic E-state index is 13.7. The first-order valence-corrected chi connectivity index (χ1v) is 11.8. The first kappa shape index (κ1) is 23.9. The third-order valence-corrected chi connectivity index (χ3v) is 5.82. The van der Waals surface area contributed by atoms with Crippen molar-refractivity contribution in [2.24, 2.45) is 0 Å². The van der Waals surface area contributed by atoms with E-state index in [1.54, 1.807) is 17.0 Å². The fourth-order valence-corrected chi connectivity index (χ4v) is 4.12. The SMILES string of the molecule is CCCN(Cc1nc2cc(CN(CC)CC)ccc2n1CCC)C(=O)c1cccc(F)c1. The minimum Gasteiger partial charge on any atom is -0.331 e. The number of rotatable bonds is 11. The van der Waals surface area contributed by atoms with Gasteiger partial charge >= 0.3 is 0 Å². The molecule has 32 heavy (non-hydrogen) atoms. The zero-order chi connectivity index (χ0) is 23.1. The van der Waals surface area contributed by atoms with E-state index in [0.717, 1.165) is 55.9 Å². The van der Waals surface area contributed by atoms with E-state index in [2.05, 4.69) is 48.4 Å². The number of amides is 1. The number of benzene rings is 2. The van der Waals surface area contributed by atoms with Crippen molar-refractivity contribution < 1.29 is 9.18 Å². The van der Waals surface area contributed by atoms with Gasteiger partial charge in [0.1, 0.15) is 11.6 Å². The van der Waals surface area contributed by atoms with Crippen LogP contribution in [0.3, 0.4) is 0 Å². The molecule has 2 aromatic carbocycles. The molecule has 172 valence electrons. The Morgan fingerprint density at radius 3 is 2.44 bits per heavy atom. The summed E-state index contributed by atoms with van der Waals surface area (Å²) in [7, 11) is 0. The number of aromatic nitrogens is 2. The van der Waals surface area contributed by atoms with Gasteiger partial charge in [0, 0.05) is 25.2 Å². The minimum absolute atomic E-state index is 0.163. The highest BCUT2D eigenvalue weighted by Crippen LogP contribution is 2.22. The summed E-state index contributed by atoms with van der Waals surface area (Å²) in [4.78, 5) is 22.2. The van der Waals surface area contributed by atoms with E-state index in [-0.39, 0.29) is 5.91 Å². The lowest BCUT2D eigenvalue weighted by molar-refractivity contribution is 0.0736. The maximum Gasteiger partial charge on any atom is 0.254 e. The lowest BCUT2D eigenvalue weighted by Gasteiger charge is -2.22. The number of aryl methyl sites for hydroxylation is 1. The van der Waals surface area contributed by atoms with Crippen LogP contribution >= 0.6 is 0 Å². The van der Waals surface area contributed by atoms with Crippen molar-refractivity contribution in [1.29, 1.82) is 0 Å². The van der Waals surface area contributed by atoms with Crippen LogP contribution in [0.5, 0.6) is 0 Å². The van der Waals surface area contributed by atoms with Gasteiger partial charge in [0.05, 0.1) is 17.6 Å². The highest BCUT2D eigenvalue weighted by atomic mass is 19.1. The average molecular weight is 439 g/mol. The molecule has 0 atom stereocenters. The molecule has 0 fully saturated rings. The maximum atomic E-state index is 13.7. The summed E-state index contributed by atoms with van der Waals surface area (Å²) in [5, 5.41) is 0. The molecule has 0 bridgehead atoms. The van der Waals surface area contributed by atoms with Crippen LogP contribution in [0.4, 0.5) is 4.39 Å². The zero-order valence-electron chi connectivity index (χ0n) is 19.8. The Morgan fingerprint density at radius 2 is 1.78 bits per heavy atom. The number of nitrogens with zero attached hydrogens (tertiary/aromatic N) is 4. The van der Waals surface area contributed by atoms with Crippen LogP contribution in [0.15, 0.2) is 42.5 Å². The zero-order valence-corrected chi connectivity index (χ0v) is 19.8. The topological polar surface area (TPSA) is 41.4 Å². The molecule has 1 heterocycles. The Kier molecular flexibility index (Phi) is 8.39. The van der Waals surface area contributed by atoms with Gasteiger partial charge in [-0.3, -0.25) is 9.69 Å². The van der Waals surface area contributed by atoms with Crippen LogP contribution in [0, 0.1) is 5.82 Å². The molecule has 0 saturated carbocycles. The van der Waals surface area contributed by atoms with Gasteiger partial charge in [-0.15, -0.1) is 0 Å². The molecule has 0 aliphatic carbocycles. The van der Waals surface area contributed by atoms with E-state index < -0.39 is 5.82 Å². The number of imidazole rings is 1. The lowest BCUT2D eigenvalue weighted by atomic mass is 10.2. The number of carbonyl (C=O) groups is 1. The second-order valence-corrected chi connectivity index (χ2v) is 8.20. The third-order valence-electron chi connectivity index (χ3n) is 5.82. The molecule has 0 aliphatic heterocycles. The molecule has 1 aromatic heterocycles. The Labute approximate surface area is 190 Å². The summed E-state index contributed by atoms with van der Waals surface area (Å²) in [5.41, 5.74) is 3.68. The standard InChI is InChI=1S/C26H35FN4O/c1-5-14-30(26(32)21-10-9-11-22(27)17-21)19-25-28-23-16-20(18-29(7-3)8-4)12-13-24(23)31(25)15-6-2/h9-13,16-17H,5-8,14-15,18-19H2,1-4H3. The first-order valence-electron chi connectivity index (χ1n) is 11.8. The lowest BCUT2D eigenvalue weighted by Crippen LogP contribution is -2.32. The molecule has 0 unspecified atom stereocenters. The number of halogens is 1. The molecule has 0 saturated heterocycles. The average Bonchev–Trinajstić information content (AvgIpc) is 3.13. The minimum atomic E-state index is -0.397. The van der Waals surface area contributed by atoms with Gasteiger partial charge in [-0.2, -0.15) is 0 Å². The number of carbonyl (C=O) groups excluding carboxylic acids is 1. The summed E-state index contributed by atoms with van der Waals surface area (Å²) in [5.74, 6) is 0.315. The highest BCUT2D eigenvalue weighted by molar-refractivity contribution is 5.94. The van der Waals surface area contributed by atoms with E-state index in [1.165, 1.54) is 17.7 Å². The van der Waals surface area contributed by atoms with Crippen LogP contribution in [-0.4, -0.2) is 44.9 Å². The Hall–Kier alpha value is -2.73. The molecule has 0 N–H and O–H groups in total. The summed E-state index contributed by atoms with van der Waals surface area (Å²) >= 11 is 0. The van der Waals surface area contributed by atoms with Crippen molar-refractivity contribution in [3.63, 3.8) is 0 Å². The van der Waals surface area contributed by atoms with Crippen molar-refractivity contribution in [2.75, 3.05) is 19.6 Å². The molecule has 0 radical (unpaired) electrons. The van der Waals surface area contributed by atoms with Crippen molar-refractivity contribution in [2.45, 2.75) is 60.2 Å². The molecule has 5 nitrogen and oxygen atoms in total. The summed E-state index contributed by atoms with van der Waals surface area (Å²) in [6.07, 6.45) is 1.80. The van der Waals surface area contributed by atoms with Crippen molar-refractivity contribution in [1.82, 2.24) is 19.4 Å². The largest absolute Gasteiger partial charge is 0.331 e. The van der Waals surface area contributed by atoms with Crippen LogP contribution in [-0.2, 0) is 19.6 Å². The Bertz CT molecular complexity index is 1040. The summed E-state index contributed by atoms with van der Waals surface area (Å²) in [6.45, 7) is 13.3. The van der Waals surface area contributed by atoms with Crippen molar-refractivity contribution in [3.8, 4) is 0 Å². The molecule has 0 aliphatic rings. The van der Waals surface area contributed by atoms with E-state index in [4.69, 9.17) is 4.98 Å². The first-order chi connectivity index (χ1) is 15.5. The molecule has 3 rings (SSSR count). The van der Waals surface area contributed by atoms with E-state index in [0.29, 0.717) is 18.7 Å². The highest BCUT2D eigenvalue weighted by Gasteiger charge is 2.20. The van der Waals surface area contributed by atoms with E-state index >= 15 is 0 Å². The number of hydrogen-bond acceptors (Lipinski definition) is 3. The number of hydrogen-bond donors (Lipinski definition) is 0. The second-order valence-electron chi connectivity index (χ2n) is 8.20. The fraction of sp³-hybridized carbons (Fsp3) is 0.462. The molecular weight excluding hydrogens is 403 g/mol. The smallest absolute Gasteiger partial charge is 0.254 e. The van der Waals surface area contributed by atoms with Gasteiger partial charge in [0.15, 0.2) is 0 Å². The predicted octanol–water partition coefficient (Wildman–Crippen LogP) is 5.48. The number of fused-ring (bicyclic) bond motifs is 1. The van der Waals surface area contributed by atoms with Crippen molar-refractivity contribution >= 4 is 16.9 Å². The van der Waals surface area contributed by atoms with E-state index in [9.17, 15) is 9.18 Å². The van der Waals surface area contributed by atoms with E-state index in [1.807, 2.05) is 6.92 Å². The molecular formula is C26H35FN4O. The normalized spacial score (nSPS) is 11.4. The molecule has 1 amide bonds. The van der Waals surface area contributed by atoms with Crippen LogP contribution < -0.4 is 0 Å². The molecule has 3 aromatic rings. The predicted molar refractivity (Wildman–Crippen MR) is 128 cm³/mol. The van der Waals surface area contributed by atoms with Gasteiger partial charge in [-0.1, -0.05) is 39.8 Å². The fourth-order valence-electron chi connectivity index (χ4n) is 4.12. The van der Waals surface area contributed by atoms with Gasteiger partial charge in [-0.05, 0) is 61.8 Å². The second kappa shape index (κ2) is 11.2. The molecule has 6 heteroatoms. The quantitative estimate of drug-likeness (QED) is 0.398. The molecule has 0 spiro atoms. The van der Waals surface area contributed by atoms with Gasteiger partial charge in [0.25, 0.3) is 5.91 Å². The van der Waals surface area contributed by atoms with Crippen LogP contribution in [0.2, 0.25) is 0 Å². The third kappa shape index (κ3) is 5.54. The van der Waals surface area contributed by atoms with Crippen LogP contribution in [0.25, 0.3) is 11.0 Å². The Morgan fingerprint density at radius 1 is 1.00 bits per heavy atom. The summed E-state index contributed by atoms with van der Waals surface area (Å²) < 4.78 is 15.9. The van der Waals surface area contributed by atoms with Gasteiger partial charge < -0.3 is 9.47 Å². The van der Waals surface area contributed by atoms with Gasteiger partial charge in [-0.25, -0.2) is 9.37 Å². The Balaban J connectivity index is 1.93. The summed E-state index contributed by atoms with van der Waals surface area (Å²) in [6, 6.07) is 12.4. The van der Waals surface area contributed by atoms with Crippen LogP contribution in [0.1, 0.15) is 62.3 Å². The van der Waals surface area contributed by atoms with Gasteiger partial charge in [0.2, 0.25) is 0 Å². The van der Waals surface area contributed by atoms with Crippen molar-refractivity contribution in [3.05, 3.63) is 65.2 Å².